The number of rotatable bonds is 7. The third-order valence-corrected chi connectivity index (χ3v) is 5.28. The molecule has 0 radical (unpaired) electrons. The molecule has 1 heterocycles. The number of benzene rings is 3. The van der Waals surface area contributed by atoms with Crippen LogP contribution in [0.5, 0.6) is 0 Å². The van der Waals surface area contributed by atoms with E-state index in [1.54, 1.807) is 12.1 Å². The van der Waals surface area contributed by atoms with Gasteiger partial charge in [-0.1, -0.05) is 66.7 Å². The number of carbonyl (C=O) groups is 1. The number of carbonyl (C=O) groups excluding carboxylic acids is 1. The topological polar surface area (TPSA) is 94.2 Å². The van der Waals surface area contributed by atoms with Crippen molar-refractivity contribution >= 4 is 22.5 Å². The van der Waals surface area contributed by atoms with E-state index in [-0.39, 0.29) is 23.2 Å². The van der Waals surface area contributed by atoms with Gasteiger partial charge in [-0.2, -0.15) is 0 Å². The van der Waals surface area contributed by atoms with Crippen LogP contribution in [0.15, 0.2) is 89.7 Å². The van der Waals surface area contributed by atoms with Crippen LogP contribution in [0.4, 0.5) is 5.69 Å². The van der Waals surface area contributed by atoms with Crippen molar-refractivity contribution in [3.05, 3.63) is 122 Å². The number of nitro benzene ring substituents is 1. The summed E-state index contributed by atoms with van der Waals surface area (Å²) < 4.78 is 1.42. The molecule has 1 N–H and O–H groups in total. The van der Waals surface area contributed by atoms with E-state index in [2.05, 4.69) is 5.32 Å². The fraction of sp³-hybridized carbons (Fsp3) is 0.120. The molecule has 0 unspecified atom stereocenters. The number of hydrogen-bond acceptors (Lipinski definition) is 4. The normalized spacial score (nSPS) is 10.8. The first kappa shape index (κ1) is 21.0. The van der Waals surface area contributed by atoms with Crippen molar-refractivity contribution in [3.63, 3.8) is 0 Å². The number of non-ortho nitro benzene ring substituents is 1. The SMILES string of the molecule is O=C(NCCc1ccccc1)c1cc2c([N+](=O)[O-])cccc2n(Cc2ccccc2)c1=O. The van der Waals surface area contributed by atoms with Gasteiger partial charge in [0, 0.05) is 12.6 Å². The molecule has 0 aliphatic heterocycles. The highest BCUT2D eigenvalue weighted by Crippen LogP contribution is 2.25. The number of nitrogens with one attached hydrogen (secondary N) is 1. The summed E-state index contributed by atoms with van der Waals surface area (Å²) in [4.78, 5) is 37.3. The van der Waals surface area contributed by atoms with Crippen molar-refractivity contribution in [2.45, 2.75) is 13.0 Å². The minimum Gasteiger partial charge on any atom is -0.352 e. The monoisotopic (exact) mass is 427 g/mol. The lowest BCUT2D eigenvalue weighted by Crippen LogP contribution is -2.34. The van der Waals surface area contributed by atoms with Crippen LogP contribution in [-0.2, 0) is 13.0 Å². The zero-order valence-corrected chi connectivity index (χ0v) is 17.2. The van der Waals surface area contributed by atoms with Crippen molar-refractivity contribution in [1.82, 2.24) is 9.88 Å². The minimum absolute atomic E-state index is 0.115. The maximum Gasteiger partial charge on any atom is 0.278 e. The Hall–Kier alpha value is -4.26. The third kappa shape index (κ3) is 4.41. The van der Waals surface area contributed by atoms with Gasteiger partial charge >= 0.3 is 0 Å². The van der Waals surface area contributed by atoms with E-state index in [4.69, 9.17) is 0 Å². The Labute approximate surface area is 184 Å². The Bertz CT molecular complexity index is 1330. The van der Waals surface area contributed by atoms with Crippen LogP contribution in [-0.4, -0.2) is 21.9 Å². The van der Waals surface area contributed by atoms with Gasteiger partial charge in [-0.05, 0) is 29.7 Å². The van der Waals surface area contributed by atoms with Crippen molar-refractivity contribution < 1.29 is 9.72 Å². The number of aromatic nitrogens is 1. The summed E-state index contributed by atoms with van der Waals surface area (Å²) in [5.41, 5.74) is 1.57. The van der Waals surface area contributed by atoms with E-state index >= 15 is 0 Å². The summed E-state index contributed by atoms with van der Waals surface area (Å²) in [5, 5.41) is 14.6. The van der Waals surface area contributed by atoms with E-state index in [9.17, 15) is 19.7 Å². The van der Waals surface area contributed by atoms with Gasteiger partial charge in [-0.15, -0.1) is 0 Å². The Morgan fingerprint density at radius 2 is 1.56 bits per heavy atom. The number of fused-ring (bicyclic) bond motifs is 1. The van der Waals surface area contributed by atoms with Gasteiger partial charge in [-0.3, -0.25) is 19.7 Å². The summed E-state index contributed by atoms with van der Waals surface area (Å²) in [6.45, 7) is 0.540. The lowest BCUT2D eigenvalue weighted by molar-refractivity contribution is -0.383. The highest BCUT2D eigenvalue weighted by Gasteiger charge is 2.21. The maximum absolute atomic E-state index is 13.3. The standard InChI is InChI=1S/C25H21N3O4/c29-24(26-15-14-18-8-3-1-4-9-18)21-16-20-22(12-7-13-23(20)28(31)32)27(25(21)30)17-19-10-5-2-6-11-19/h1-13,16H,14-15,17H2,(H,26,29). The van der Waals surface area contributed by atoms with Crippen LogP contribution in [0.25, 0.3) is 10.9 Å². The van der Waals surface area contributed by atoms with E-state index in [0.717, 1.165) is 11.1 Å². The molecule has 0 bridgehead atoms. The molecule has 0 saturated heterocycles. The Balaban J connectivity index is 1.73. The lowest BCUT2D eigenvalue weighted by atomic mass is 10.1. The maximum atomic E-state index is 13.3. The first-order chi connectivity index (χ1) is 15.5. The molecule has 0 aliphatic rings. The summed E-state index contributed by atoms with van der Waals surface area (Å²) in [6, 6.07) is 24.9. The molecule has 0 aliphatic carbocycles. The molecule has 0 fully saturated rings. The lowest BCUT2D eigenvalue weighted by Gasteiger charge is -2.13. The third-order valence-electron chi connectivity index (χ3n) is 5.28. The Morgan fingerprint density at radius 1 is 0.906 bits per heavy atom. The van der Waals surface area contributed by atoms with Gasteiger partial charge in [0.05, 0.1) is 22.4 Å². The molecule has 160 valence electrons. The van der Waals surface area contributed by atoms with Gasteiger partial charge in [-0.25, -0.2) is 0 Å². The number of amides is 1. The fourth-order valence-electron chi connectivity index (χ4n) is 3.69. The average molecular weight is 427 g/mol. The molecule has 3 aromatic carbocycles. The van der Waals surface area contributed by atoms with Gasteiger partial charge in [0.15, 0.2) is 0 Å². The van der Waals surface area contributed by atoms with Crippen molar-refractivity contribution in [2.24, 2.45) is 0 Å². The molecule has 32 heavy (non-hydrogen) atoms. The van der Waals surface area contributed by atoms with Crippen LogP contribution in [0.2, 0.25) is 0 Å². The zero-order chi connectivity index (χ0) is 22.5. The predicted octanol–water partition coefficient (Wildman–Crippen LogP) is 3.93. The van der Waals surface area contributed by atoms with Crippen molar-refractivity contribution in [1.29, 1.82) is 0 Å². The summed E-state index contributed by atoms with van der Waals surface area (Å²) in [5.74, 6) is -0.548. The second-order valence-electron chi connectivity index (χ2n) is 7.39. The molecule has 1 aromatic heterocycles. The van der Waals surface area contributed by atoms with Crippen LogP contribution in [0, 0.1) is 10.1 Å². The van der Waals surface area contributed by atoms with Crippen LogP contribution in [0.1, 0.15) is 21.5 Å². The summed E-state index contributed by atoms with van der Waals surface area (Å²) in [6.07, 6.45) is 0.610. The molecular formula is C25H21N3O4. The average Bonchev–Trinajstić information content (AvgIpc) is 2.81. The van der Waals surface area contributed by atoms with Gasteiger partial charge in [0.1, 0.15) is 5.56 Å². The molecule has 0 saturated carbocycles. The molecule has 1 amide bonds. The number of nitro groups is 1. The van der Waals surface area contributed by atoms with E-state index < -0.39 is 16.4 Å². The Kier molecular flexibility index (Phi) is 6.07. The summed E-state index contributed by atoms with van der Waals surface area (Å²) >= 11 is 0. The number of nitrogens with zero attached hydrogens (tertiary/aromatic N) is 2. The molecule has 7 heteroatoms. The van der Waals surface area contributed by atoms with Crippen LogP contribution in [0.3, 0.4) is 0 Å². The van der Waals surface area contributed by atoms with Crippen LogP contribution < -0.4 is 10.9 Å². The minimum atomic E-state index is -0.548. The quantitative estimate of drug-likeness (QED) is 0.357. The largest absolute Gasteiger partial charge is 0.352 e. The Morgan fingerprint density at radius 3 is 2.22 bits per heavy atom. The first-order valence-corrected chi connectivity index (χ1v) is 10.2. The van der Waals surface area contributed by atoms with Crippen molar-refractivity contribution in [3.8, 4) is 0 Å². The van der Waals surface area contributed by atoms with Gasteiger partial charge in [0.2, 0.25) is 0 Å². The molecular weight excluding hydrogens is 406 g/mol. The fourth-order valence-corrected chi connectivity index (χ4v) is 3.69. The van der Waals surface area contributed by atoms with Gasteiger partial charge < -0.3 is 9.88 Å². The first-order valence-electron chi connectivity index (χ1n) is 10.2. The van der Waals surface area contributed by atoms with E-state index in [1.807, 2.05) is 60.7 Å². The molecule has 0 atom stereocenters. The molecule has 7 nitrogen and oxygen atoms in total. The molecule has 0 spiro atoms. The van der Waals surface area contributed by atoms with Gasteiger partial charge in [0.25, 0.3) is 17.2 Å². The van der Waals surface area contributed by atoms with E-state index in [1.165, 1.54) is 16.7 Å². The molecule has 4 aromatic rings. The van der Waals surface area contributed by atoms with Crippen LogP contribution >= 0.6 is 0 Å². The number of pyridine rings is 1. The number of hydrogen-bond donors (Lipinski definition) is 1. The second kappa shape index (κ2) is 9.26. The highest BCUT2D eigenvalue weighted by atomic mass is 16.6. The van der Waals surface area contributed by atoms with Crippen molar-refractivity contribution in [2.75, 3.05) is 6.54 Å². The van der Waals surface area contributed by atoms with E-state index in [0.29, 0.717) is 18.5 Å². The second-order valence-corrected chi connectivity index (χ2v) is 7.39. The summed E-state index contributed by atoms with van der Waals surface area (Å²) in [7, 11) is 0. The molecule has 4 rings (SSSR count). The highest BCUT2D eigenvalue weighted by molar-refractivity contribution is 5.99. The zero-order valence-electron chi connectivity index (χ0n) is 17.2. The smallest absolute Gasteiger partial charge is 0.278 e. The predicted molar refractivity (Wildman–Crippen MR) is 123 cm³/mol.